The first-order valence-corrected chi connectivity index (χ1v) is 3.81. The maximum Gasteiger partial charge on any atom is 0.462 e. The van der Waals surface area contributed by atoms with Crippen LogP contribution in [0, 0.1) is 15.5 Å². The molecule has 7 heteroatoms. The smallest absolute Gasteiger partial charge is 0.258 e. The van der Waals surface area contributed by atoms with Crippen molar-refractivity contribution in [3.8, 4) is 0 Å². The van der Waals surface area contributed by atoms with Crippen LogP contribution in [0.3, 0.4) is 0 Å². The molecule has 0 bridgehead atoms. The van der Waals surface area contributed by atoms with Crippen molar-refractivity contribution >= 4 is 34.6 Å². The molecule has 0 aliphatic rings. The van der Waals surface area contributed by atoms with Crippen molar-refractivity contribution in [2.75, 3.05) is 0 Å². The molecule has 0 radical (unpaired) electrons. The molecule has 13 heavy (non-hydrogen) atoms. The summed E-state index contributed by atoms with van der Waals surface area (Å²) in [5.74, 6) is 0. The number of benzene rings is 1. The van der Waals surface area contributed by atoms with Crippen LogP contribution in [-0.2, 0) is 0 Å². The maximum absolute atomic E-state index is 10.4. The first-order chi connectivity index (χ1) is 6.07. The molecule has 0 heterocycles. The summed E-state index contributed by atoms with van der Waals surface area (Å²) in [7, 11) is 0. The number of nitrogens with zero attached hydrogens (tertiary/aromatic N) is 3. The number of nitro groups is 1. The maximum atomic E-state index is 10.4. The minimum Gasteiger partial charge on any atom is -0.258 e. The van der Waals surface area contributed by atoms with E-state index in [9.17, 15) is 10.1 Å². The Labute approximate surface area is 82.7 Å². The SMILES string of the molecule is N#[N+]c1ccc(Cl)c(Cl)c1[N+](=O)[O-]. The predicted octanol–water partition coefficient (Wildman–Crippen LogP) is 3.39. The van der Waals surface area contributed by atoms with Gasteiger partial charge in [-0.25, -0.2) is 0 Å². The normalized spacial score (nSPS) is 9.31. The number of nitro benzene ring substituents is 1. The van der Waals surface area contributed by atoms with Gasteiger partial charge in [0.25, 0.3) is 0 Å². The van der Waals surface area contributed by atoms with Crippen LogP contribution in [0.1, 0.15) is 0 Å². The van der Waals surface area contributed by atoms with Crippen molar-refractivity contribution in [2.24, 2.45) is 0 Å². The number of rotatable bonds is 1. The van der Waals surface area contributed by atoms with Crippen LogP contribution < -0.4 is 0 Å². The van der Waals surface area contributed by atoms with E-state index in [0.717, 1.165) is 0 Å². The Morgan fingerprint density at radius 3 is 2.54 bits per heavy atom. The third kappa shape index (κ3) is 1.69. The summed E-state index contributed by atoms with van der Waals surface area (Å²) in [4.78, 5) is 12.4. The fraction of sp³-hybridized carbons (Fsp3) is 0. The molecule has 66 valence electrons. The van der Waals surface area contributed by atoms with Crippen LogP contribution in [0.25, 0.3) is 4.98 Å². The highest BCUT2D eigenvalue weighted by Gasteiger charge is 2.30. The van der Waals surface area contributed by atoms with Gasteiger partial charge in [0.15, 0.2) is 4.98 Å². The number of halogens is 2. The van der Waals surface area contributed by atoms with Crippen LogP contribution in [-0.4, -0.2) is 4.92 Å². The zero-order valence-electron chi connectivity index (χ0n) is 6.07. The van der Waals surface area contributed by atoms with E-state index in [4.69, 9.17) is 28.6 Å². The Morgan fingerprint density at radius 2 is 2.08 bits per heavy atom. The molecular weight excluding hydrogens is 217 g/mol. The van der Waals surface area contributed by atoms with E-state index in [0.29, 0.717) is 0 Å². The van der Waals surface area contributed by atoms with E-state index >= 15 is 0 Å². The van der Waals surface area contributed by atoms with E-state index in [1.807, 2.05) is 0 Å². The molecule has 0 aromatic heterocycles. The highest BCUT2D eigenvalue weighted by atomic mass is 35.5. The van der Waals surface area contributed by atoms with Gasteiger partial charge in [0.1, 0.15) is 5.02 Å². The highest BCUT2D eigenvalue weighted by Crippen LogP contribution is 2.39. The molecule has 5 nitrogen and oxygen atoms in total. The van der Waals surface area contributed by atoms with Crippen LogP contribution >= 0.6 is 23.2 Å². The van der Waals surface area contributed by atoms with Gasteiger partial charge in [-0.15, -0.1) is 0 Å². The van der Waals surface area contributed by atoms with Gasteiger partial charge in [0.2, 0.25) is 5.39 Å². The largest absolute Gasteiger partial charge is 0.462 e. The zero-order chi connectivity index (χ0) is 10.0. The van der Waals surface area contributed by atoms with E-state index in [2.05, 4.69) is 4.98 Å². The Balaban J connectivity index is 3.53. The third-order valence-corrected chi connectivity index (χ3v) is 2.13. The summed E-state index contributed by atoms with van der Waals surface area (Å²) in [5, 5.41) is 18.7. The molecule has 0 unspecified atom stereocenters. The highest BCUT2D eigenvalue weighted by molar-refractivity contribution is 6.43. The number of diazo groups is 1. The Kier molecular flexibility index (Phi) is 2.66. The minimum atomic E-state index is -0.761. The van der Waals surface area contributed by atoms with Gasteiger partial charge in [-0.3, -0.25) is 10.1 Å². The van der Waals surface area contributed by atoms with Crippen molar-refractivity contribution < 1.29 is 4.92 Å². The van der Waals surface area contributed by atoms with Crippen LogP contribution in [0.4, 0.5) is 11.4 Å². The molecule has 0 aliphatic heterocycles. The minimum absolute atomic E-state index is 0.0424. The Morgan fingerprint density at radius 1 is 1.46 bits per heavy atom. The van der Waals surface area contributed by atoms with Crippen molar-refractivity contribution in [2.45, 2.75) is 0 Å². The molecule has 1 aromatic rings. The molecule has 0 atom stereocenters. The van der Waals surface area contributed by atoms with Crippen molar-refractivity contribution in [3.05, 3.63) is 37.3 Å². The van der Waals surface area contributed by atoms with Crippen molar-refractivity contribution in [1.29, 1.82) is 5.39 Å². The molecular formula is C6H2Cl2N3O2+. The van der Waals surface area contributed by atoms with E-state index in [1.165, 1.54) is 12.1 Å². The second-order valence-electron chi connectivity index (χ2n) is 2.09. The topological polar surface area (TPSA) is 71.3 Å². The first kappa shape index (κ1) is 9.71. The van der Waals surface area contributed by atoms with Gasteiger partial charge in [0.05, 0.1) is 9.95 Å². The van der Waals surface area contributed by atoms with Crippen molar-refractivity contribution in [1.82, 2.24) is 0 Å². The molecule has 0 aliphatic carbocycles. The van der Waals surface area contributed by atoms with E-state index < -0.39 is 10.6 Å². The second kappa shape index (κ2) is 3.56. The molecule has 0 saturated heterocycles. The molecule has 0 saturated carbocycles. The molecule has 0 amide bonds. The first-order valence-electron chi connectivity index (χ1n) is 3.05. The third-order valence-electron chi connectivity index (χ3n) is 1.34. The van der Waals surface area contributed by atoms with Gasteiger partial charge in [-0.1, -0.05) is 23.2 Å². The Bertz CT molecular complexity index is 413. The van der Waals surface area contributed by atoms with Crippen LogP contribution in [0.5, 0.6) is 0 Å². The van der Waals surface area contributed by atoms with Gasteiger partial charge in [0, 0.05) is 6.07 Å². The quantitative estimate of drug-likeness (QED) is 0.412. The average Bonchev–Trinajstić information content (AvgIpc) is 2.08. The number of hydrogen-bond acceptors (Lipinski definition) is 3. The van der Waals surface area contributed by atoms with Gasteiger partial charge in [-0.05, 0) is 6.07 Å². The number of hydrogen-bond donors (Lipinski definition) is 0. The zero-order valence-corrected chi connectivity index (χ0v) is 7.58. The summed E-state index contributed by atoms with van der Waals surface area (Å²) in [6, 6.07) is 2.51. The lowest BCUT2D eigenvalue weighted by molar-refractivity contribution is -0.383. The molecule has 0 fully saturated rings. The summed E-state index contributed by atoms with van der Waals surface area (Å²) in [6.07, 6.45) is 0. The van der Waals surface area contributed by atoms with Gasteiger partial charge >= 0.3 is 11.4 Å². The fourth-order valence-electron chi connectivity index (χ4n) is 0.784. The Hall–Kier alpha value is -1.38. The molecule has 1 rings (SSSR count). The summed E-state index contributed by atoms with van der Waals surface area (Å²) < 4.78 is 0. The summed E-state index contributed by atoms with van der Waals surface area (Å²) in [5.41, 5.74) is -0.726. The lowest BCUT2D eigenvalue weighted by Gasteiger charge is -1.92. The van der Waals surface area contributed by atoms with Crippen LogP contribution in [0.2, 0.25) is 10.0 Å². The standard InChI is InChI=1S/C6H2Cl2N3O2/c7-3-1-2-4(10-9)6(5(3)8)11(12)13/h1-2H/q+1. The molecule has 1 aromatic carbocycles. The van der Waals surface area contributed by atoms with E-state index in [1.54, 1.807) is 0 Å². The van der Waals surface area contributed by atoms with E-state index in [-0.39, 0.29) is 15.7 Å². The summed E-state index contributed by atoms with van der Waals surface area (Å²) in [6.45, 7) is 0. The molecule has 0 spiro atoms. The van der Waals surface area contributed by atoms with Gasteiger partial charge in [-0.2, -0.15) is 0 Å². The monoisotopic (exact) mass is 218 g/mol. The van der Waals surface area contributed by atoms with Gasteiger partial charge < -0.3 is 0 Å². The average molecular weight is 219 g/mol. The second-order valence-corrected chi connectivity index (χ2v) is 2.87. The fourth-order valence-corrected chi connectivity index (χ4v) is 1.17. The predicted molar refractivity (Wildman–Crippen MR) is 47.9 cm³/mol. The molecule has 0 N–H and O–H groups in total. The summed E-state index contributed by atoms with van der Waals surface area (Å²) >= 11 is 11.1. The van der Waals surface area contributed by atoms with Crippen molar-refractivity contribution in [3.63, 3.8) is 0 Å². The lowest BCUT2D eigenvalue weighted by atomic mass is 10.3. The lowest BCUT2D eigenvalue weighted by Crippen LogP contribution is -1.89. The van der Waals surface area contributed by atoms with Crippen LogP contribution in [0.15, 0.2) is 12.1 Å².